The smallest absolute Gasteiger partial charge is 0.205 e. The summed E-state index contributed by atoms with van der Waals surface area (Å²) in [6, 6.07) is 0. The summed E-state index contributed by atoms with van der Waals surface area (Å²) in [6.07, 6.45) is 6.27. The minimum Gasteiger partial charge on any atom is -0.341 e. The maximum atomic E-state index is 5.62. The third kappa shape index (κ3) is 3.23. The molecule has 15 heavy (non-hydrogen) atoms. The molecule has 0 aliphatic carbocycles. The summed E-state index contributed by atoms with van der Waals surface area (Å²) in [5, 5.41) is 0. The standard InChI is InChI=1S/C11H22N4/c1-3-5-8-15(9-6-12)11-13-7-10-14(11)4-2/h7,10H,3-6,8-9,12H2,1-2H3. The Morgan fingerprint density at radius 1 is 1.40 bits per heavy atom. The van der Waals surface area contributed by atoms with Crippen molar-refractivity contribution in [2.45, 2.75) is 33.2 Å². The second kappa shape index (κ2) is 6.45. The van der Waals surface area contributed by atoms with Crippen molar-refractivity contribution in [2.24, 2.45) is 5.73 Å². The molecule has 2 N–H and O–H groups in total. The Labute approximate surface area is 92.1 Å². The summed E-state index contributed by atoms with van der Waals surface area (Å²) in [4.78, 5) is 6.66. The van der Waals surface area contributed by atoms with Gasteiger partial charge in [-0.05, 0) is 13.3 Å². The predicted molar refractivity (Wildman–Crippen MR) is 64.1 cm³/mol. The minimum atomic E-state index is 0.681. The highest BCUT2D eigenvalue weighted by molar-refractivity contribution is 5.31. The first-order valence-electron chi connectivity index (χ1n) is 5.79. The highest BCUT2D eigenvalue weighted by Gasteiger charge is 2.09. The SMILES string of the molecule is CCCCN(CCN)c1nccn1CC. The number of nitrogens with zero attached hydrogens (tertiary/aromatic N) is 3. The molecule has 1 heterocycles. The minimum absolute atomic E-state index is 0.681. The van der Waals surface area contributed by atoms with E-state index in [1.165, 1.54) is 12.8 Å². The maximum absolute atomic E-state index is 5.62. The van der Waals surface area contributed by atoms with E-state index in [0.29, 0.717) is 6.54 Å². The van der Waals surface area contributed by atoms with Gasteiger partial charge in [-0.2, -0.15) is 0 Å². The van der Waals surface area contributed by atoms with Gasteiger partial charge in [0.2, 0.25) is 5.95 Å². The number of aryl methyl sites for hydroxylation is 1. The zero-order chi connectivity index (χ0) is 11.1. The van der Waals surface area contributed by atoms with Crippen LogP contribution in [0.25, 0.3) is 0 Å². The quantitative estimate of drug-likeness (QED) is 0.741. The third-order valence-electron chi connectivity index (χ3n) is 2.50. The third-order valence-corrected chi connectivity index (χ3v) is 2.50. The first kappa shape index (κ1) is 12.0. The second-order valence-electron chi connectivity index (χ2n) is 3.64. The van der Waals surface area contributed by atoms with E-state index in [1.807, 2.05) is 12.4 Å². The number of unbranched alkanes of at least 4 members (excludes halogenated alkanes) is 1. The van der Waals surface area contributed by atoms with Gasteiger partial charge in [0.05, 0.1) is 0 Å². The van der Waals surface area contributed by atoms with Crippen molar-refractivity contribution in [3.63, 3.8) is 0 Å². The molecular weight excluding hydrogens is 188 g/mol. The second-order valence-corrected chi connectivity index (χ2v) is 3.64. The number of anilines is 1. The van der Waals surface area contributed by atoms with Gasteiger partial charge in [0.1, 0.15) is 0 Å². The van der Waals surface area contributed by atoms with Gasteiger partial charge in [-0.3, -0.25) is 0 Å². The maximum Gasteiger partial charge on any atom is 0.205 e. The van der Waals surface area contributed by atoms with E-state index in [-0.39, 0.29) is 0 Å². The number of hydrogen-bond acceptors (Lipinski definition) is 3. The molecule has 0 aliphatic heterocycles. The number of hydrogen-bond donors (Lipinski definition) is 1. The number of rotatable bonds is 7. The van der Waals surface area contributed by atoms with Crippen LogP contribution in [0.15, 0.2) is 12.4 Å². The molecule has 4 heteroatoms. The highest BCUT2D eigenvalue weighted by atomic mass is 15.3. The predicted octanol–water partition coefficient (Wildman–Crippen LogP) is 1.47. The topological polar surface area (TPSA) is 47.1 Å². The van der Waals surface area contributed by atoms with Crippen LogP contribution in [-0.4, -0.2) is 29.2 Å². The van der Waals surface area contributed by atoms with Gasteiger partial charge < -0.3 is 15.2 Å². The zero-order valence-electron chi connectivity index (χ0n) is 9.82. The Bertz CT molecular complexity index is 269. The molecule has 0 atom stereocenters. The number of nitrogens with two attached hydrogens (primary N) is 1. The summed E-state index contributed by atoms with van der Waals surface area (Å²) in [6.45, 7) is 7.91. The van der Waals surface area contributed by atoms with Crippen molar-refractivity contribution in [3.8, 4) is 0 Å². The van der Waals surface area contributed by atoms with Crippen LogP contribution in [0.4, 0.5) is 5.95 Å². The number of aromatic nitrogens is 2. The van der Waals surface area contributed by atoms with Crippen LogP contribution in [0.5, 0.6) is 0 Å². The molecule has 0 saturated carbocycles. The molecule has 0 aromatic carbocycles. The van der Waals surface area contributed by atoms with E-state index in [1.54, 1.807) is 0 Å². The van der Waals surface area contributed by atoms with Gasteiger partial charge in [-0.1, -0.05) is 13.3 Å². The van der Waals surface area contributed by atoms with Crippen molar-refractivity contribution >= 4 is 5.95 Å². The first-order valence-corrected chi connectivity index (χ1v) is 5.79. The fourth-order valence-electron chi connectivity index (χ4n) is 1.65. The lowest BCUT2D eigenvalue weighted by Crippen LogP contribution is -2.32. The Morgan fingerprint density at radius 2 is 2.20 bits per heavy atom. The average molecular weight is 210 g/mol. The molecule has 86 valence electrons. The van der Waals surface area contributed by atoms with Gasteiger partial charge >= 0.3 is 0 Å². The van der Waals surface area contributed by atoms with Crippen LogP contribution in [0, 0.1) is 0 Å². The summed E-state index contributed by atoms with van der Waals surface area (Å²) in [5.41, 5.74) is 5.62. The van der Waals surface area contributed by atoms with E-state index in [4.69, 9.17) is 5.73 Å². The molecule has 0 fully saturated rings. The summed E-state index contributed by atoms with van der Waals surface area (Å²) >= 11 is 0. The van der Waals surface area contributed by atoms with Crippen LogP contribution in [-0.2, 0) is 6.54 Å². The highest BCUT2D eigenvalue weighted by Crippen LogP contribution is 2.11. The lowest BCUT2D eigenvalue weighted by Gasteiger charge is -2.23. The molecule has 0 radical (unpaired) electrons. The van der Waals surface area contributed by atoms with Gasteiger partial charge in [0.15, 0.2) is 0 Å². The van der Waals surface area contributed by atoms with E-state index in [9.17, 15) is 0 Å². The Hall–Kier alpha value is -1.03. The Balaban J connectivity index is 2.69. The molecule has 0 saturated heterocycles. The number of imidazole rings is 1. The summed E-state index contributed by atoms with van der Waals surface area (Å²) in [7, 11) is 0. The molecule has 0 spiro atoms. The Morgan fingerprint density at radius 3 is 2.80 bits per heavy atom. The molecule has 1 aromatic heterocycles. The average Bonchev–Trinajstić information content (AvgIpc) is 2.72. The van der Waals surface area contributed by atoms with Gasteiger partial charge in [-0.25, -0.2) is 4.98 Å². The Kier molecular flexibility index (Phi) is 5.18. The van der Waals surface area contributed by atoms with Gasteiger partial charge in [0.25, 0.3) is 0 Å². The van der Waals surface area contributed by atoms with Crippen molar-refractivity contribution in [1.82, 2.24) is 9.55 Å². The van der Waals surface area contributed by atoms with E-state index >= 15 is 0 Å². The van der Waals surface area contributed by atoms with Crippen molar-refractivity contribution in [1.29, 1.82) is 0 Å². The van der Waals surface area contributed by atoms with E-state index in [0.717, 1.165) is 25.6 Å². The van der Waals surface area contributed by atoms with Crippen molar-refractivity contribution in [3.05, 3.63) is 12.4 Å². The lowest BCUT2D eigenvalue weighted by atomic mass is 10.3. The zero-order valence-corrected chi connectivity index (χ0v) is 9.82. The van der Waals surface area contributed by atoms with E-state index in [2.05, 4.69) is 28.3 Å². The van der Waals surface area contributed by atoms with Crippen LogP contribution >= 0.6 is 0 Å². The largest absolute Gasteiger partial charge is 0.341 e. The normalized spacial score (nSPS) is 10.6. The van der Waals surface area contributed by atoms with Crippen LogP contribution in [0.3, 0.4) is 0 Å². The molecule has 0 bridgehead atoms. The van der Waals surface area contributed by atoms with Crippen molar-refractivity contribution < 1.29 is 0 Å². The van der Waals surface area contributed by atoms with Crippen LogP contribution < -0.4 is 10.6 Å². The first-order chi connectivity index (χ1) is 7.33. The summed E-state index contributed by atoms with van der Waals surface area (Å²) < 4.78 is 2.16. The monoisotopic (exact) mass is 210 g/mol. The van der Waals surface area contributed by atoms with E-state index < -0.39 is 0 Å². The molecule has 4 nitrogen and oxygen atoms in total. The van der Waals surface area contributed by atoms with Gasteiger partial charge in [0, 0.05) is 38.6 Å². The van der Waals surface area contributed by atoms with Crippen LogP contribution in [0.2, 0.25) is 0 Å². The molecule has 0 amide bonds. The van der Waals surface area contributed by atoms with Crippen LogP contribution in [0.1, 0.15) is 26.7 Å². The lowest BCUT2D eigenvalue weighted by molar-refractivity contribution is 0.660. The molecule has 0 unspecified atom stereocenters. The summed E-state index contributed by atoms with van der Waals surface area (Å²) in [5.74, 6) is 1.05. The molecule has 1 aromatic rings. The van der Waals surface area contributed by atoms with Crippen molar-refractivity contribution in [2.75, 3.05) is 24.5 Å². The fraction of sp³-hybridized carbons (Fsp3) is 0.727. The molecule has 0 aliphatic rings. The fourth-order valence-corrected chi connectivity index (χ4v) is 1.65. The molecule has 1 rings (SSSR count). The van der Waals surface area contributed by atoms with Gasteiger partial charge in [-0.15, -0.1) is 0 Å². The molecular formula is C11H22N4.